The number of ether oxygens (including phenoxy) is 2. The van der Waals surface area contributed by atoms with E-state index >= 15 is 0 Å². The van der Waals surface area contributed by atoms with Crippen molar-refractivity contribution in [2.24, 2.45) is 23.7 Å². The van der Waals surface area contributed by atoms with Gasteiger partial charge in [0.15, 0.2) is 5.60 Å². The summed E-state index contributed by atoms with van der Waals surface area (Å²) in [4.78, 5) is 30.1. The molecular formula is C34H44F3NO5S2. The molecule has 7 atom stereocenters. The molecule has 1 fully saturated rings. The SMILES string of the molecule is [C-]#[N+]C(C)(CCC(=O)OCC1CC(C=C)CC1C=C)CC(C)(SC(=S)c1ccccc1)C(=O)OCC(C)CC(C)(O)C(F)(F)F. The normalized spacial score (nSPS) is 22.9. The van der Waals surface area contributed by atoms with Crippen LogP contribution in [0.15, 0.2) is 55.6 Å². The molecule has 0 saturated heterocycles. The summed E-state index contributed by atoms with van der Waals surface area (Å²) in [5, 5.41) is 9.86. The second-order valence-corrected chi connectivity index (χ2v) is 14.9. The first-order valence-corrected chi connectivity index (χ1v) is 16.1. The molecule has 11 heteroatoms. The van der Waals surface area contributed by atoms with E-state index < -0.39 is 46.3 Å². The standard InChI is InChI=1S/C34H44F3NO5S2/c1-8-24-17-25(9-2)27(18-24)21-42-28(39)15-16-31(4,38-7)22-32(5,45-29(44)26-13-11-10-12-14-26)30(40)43-20-23(3)19-33(6,41)34(35,36)37/h8-14,23-25,27,41H,1-2,15-22H2,3-6H3. The van der Waals surface area contributed by atoms with Crippen LogP contribution in [-0.2, 0) is 19.1 Å². The second-order valence-electron chi connectivity index (χ2n) is 12.8. The summed E-state index contributed by atoms with van der Waals surface area (Å²) in [6.07, 6.45) is 0.0790. The molecule has 7 unspecified atom stereocenters. The maximum absolute atomic E-state index is 13.6. The third kappa shape index (κ3) is 11.3. The molecule has 0 aromatic heterocycles. The van der Waals surface area contributed by atoms with E-state index in [-0.39, 0.29) is 44.3 Å². The van der Waals surface area contributed by atoms with E-state index in [1.165, 1.54) is 6.92 Å². The molecule has 1 aliphatic rings. The van der Waals surface area contributed by atoms with Gasteiger partial charge in [-0.1, -0.05) is 73.4 Å². The predicted octanol–water partition coefficient (Wildman–Crippen LogP) is 8.14. The van der Waals surface area contributed by atoms with E-state index in [0.717, 1.165) is 24.6 Å². The van der Waals surface area contributed by atoms with E-state index in [4.69, 9.17) is 28.3 Å². The van der Waals surface area contributed by atoms with Crippen LogP contribution in [-0.4, -0.2) is 56.5 Å². The van der Waals surface area contributed by atoms with Crippen molar-refractivity contribution in [1.82, 2.24) is 0 Å². The van der Waals surface area contributed by atoms with Crippen LogP contribution in [0.2, 0.25) is 0 Å². The van der Waals surface area contributed by atoms with Gasteiger partial charge in [-0.2, -0.15) is 13.2 Å². The van der Waals surface area contributed by atoms with Gasteiger partial charge in [-0.05, 0) is 62.3 Å². The zero-order valence-corrected chi connectivity index (χ0v) is 28.0. The van der Waals surface area contributed by atoms with Crippen molar-refractivity contribution < 1.29 is 37.3 Å². The third-order valence-electron chi connectivity index (χ3n) is 8.35. The number of alkyl halides is 3. The van der Waals surface area contributed by atoms with E-state index in [2.05, 4.69) is 18.0 Å². The Morgan fingerprint density at radius 1 is 1.16 bits per heavy atom. The van der Waals surface area contributed by atoms with E-state index in [1.54, 1.807) is 38.1 Å². The molecule has 248 valence electrons. The maximum Gasteiger partial charge on any atom is 0.416 e. The number of hydrogen-bond acceptors (Lipinski definition) is 7. The Bertz CT molecular complexity index is 1250. The van der Waals surface area contributed by atoms with Gasteiger partial charge in [0.25, 0.3) is 0 Å². The number of halogens is 3. The lowest BCUT2D eigenvalue weighted by molar-refractivity contribution is -0.258. The molecule has 1 aliphatic carbocycles. The molecule has 0 radical (unpaired) electrons. The molecule has 0 amide bonds. The third-order valence-corrected chi connectivity index (χ3v) is 10.0. The van der Waals surface area contributed by atoms with Gasteiger partial charge in [-0.3, -0.25) is 9.59 Å². The van der Waals surface area contributed by atoms with E-state index in [9.17, 15) is 27.9 Å². The van der Waals surface area contributed by atoms with Crippen LogP contribution >= 0.6 is 24.0 Å². The lowest BCUT2D eigenvalue weighted by atomic mass is 9.86. The minimum atomic E-state index is -4.84. The number of carbonyl (C=O) groups is 2. The zero-order valence-electron chi connectivity index (χ0n) is 26.4. The number of thiocarbonyl (C=S) groups is 1. The number of nitrogens with zero attached hydrogens (tertiary/aromatic N) is 1. The number of rotatable bonds is 16. The molecule has 0 spiro atoms. The monoisotopic (exact) mass is 667 g/mol. The number of allylic oxidation sites excluding steroid dienone is 2. The minimum absolute atomic E-state index is 0.0439. The van der Waals surface area contributed by atoms with Gasteiger partial charge in [-0.15, -0.1) is 13.2 Å². The van der Waals surface area contributed by atoms with Gasteiger partial charge < -0.3 is 19.4 Å². The Morgan fingerprint density at radius 2 is 1.80 bits per heavy atom. The van der Waals surface area contributed by atoms with Crippen molar-refractivity contribution in [2.75, 3.05) is 13.2 Å². The highest BCUT2D eigenvalue weighted by atomic mass is 32.2. The predicted molar refractivity (Wildman–Crippen MR) is 175 cm³/mol. The largest absolute Gasteiger partial charge is 0.465 e. The van der Waals surface area contributed by atoms with Gasteiger partial charge in [0.2, 0.25) is 5.54 Å². The quantitative estimate of drug-likeness (QED) is 0.0826. The summed E-state index contributed by atoms with van der Waals surface area (Å²) in [5.74, 6) is -1.29. The molecule has 45 heavy (non-hydrogen) atoms. The highest BCUT2D eigenvalue weighted by molar-refractivity contribution is 8.25. The molecule has 1 aromatic rings. The van der Waals surface area contributed by atoms with E-state index in [0.29, 0.717) is 22.6 Å². The Balaban J connectivity index is 2.14. The maximum atomic E-state index is 13.6. The lowest BCUT2D eigenvalue weighted by Gasteiger charge is -2.32. The van der Waals surface area contributed by atoms with Crippen molar-refractivity contribution in [1.29, 1.82) is 0 Å². The molecule has 0 heterocycles. The summed E-state index contributed by atoms with van der Waals surface area (Å²) in [5.41, 5.74) is -3.45. The fraction of sp³-hybridized carbons (Fsp3) is 0.588. The summed E-state index contributed by atoms with van der Waals surface area (Å²) in [6.45, 7) is 20.9. The summed E-state index contributed by atoms with van der Waals surface area (Å²) in [6, 6.07) is 8.97. The van der Waals surface area contributed by atoms with Crippen molar-refractivity contribution in [3.05, 3.63) is 72.6 Å². The average Bonchev–Trinajstić information content (AvgIpc) is 3.39. The van der Waals surface area contributed by atoms with Gasteiger partial charge in [0.1, 0.15) is 4.75 Å². The van der Waals surface area contributed by atoms with Crippen LogP contribution in [0.4, 0.5) is 13.2 Å². The first-order chi connectivity index (χ1) is 20.9. The van der Waals surface area contributed by atoms with Crippen molar-refractivity contribution >= 4 is 40.1 Å². The molecule has 1 N–H and O–H groups in total. The van der Waals surface area contributed by atoms with Crippen molar-refractivity contribution in [2.45, 2.75) is 88.3 Å². The molecule has 6 nitrogen and oxygen atoms in total. The van der Waals surface area contributed by atoms with Crippen LogP contribution in [0.5, 0.6) is 0 Å². The molecule has 1 aromatic carbocycles. The van der Waals surface area contributed by atoms with Crippen LogP contribution in [0.3, 0.4) is 0 Å². The average molecular weight is 668 g/mol. The summed E-state index contributed by atoms with van der Waals surface area (Å²) >= 11 is 6.66. The lowest BCUT2D eigenvalue weighted by Crippen LogP contribution is -2.45. The van der Waals surface area contributed by atoms with Crippen LogP contribution in [0.25, 0.3) is 4.85 Å². The molecule has 0 aliphatic heterocycles. The van der Waals surface area contributed by atoms with Gasteiger partial charge in [0, 0.05) is 13.3 Å². The number of thioether (sulfide) groups is 1. The second kappa shape index (κ2) is 16.2. The highest BCUT2D eigenvalue weighted by Gasteiger charge is 2.51. The molecule has 0 bridgehead atoms. The number of aliphatic hydroxyl groups is 1. The topological polar surface area (TPSA) is 77.2 Å². The highest BCUT2D eigenvalue weighted by Crippen LogP contribution is 2.42. The van der Waals surface area contributed by atoms with Crippen molar-refractivity contribution in [3.8, 4) is 0 Å². The smallest absolute Gasteiger partial charge is 0.416 e. The Labute approximate surface area is 274 Å². The number of carbonyl (C=O) groups excluding carboxylic acids is 2. The Kier molecular flexibility index (Phi) is 13.9. The fourth-order valence-electron chi connectivity index (χ4n) is 5.64. The number of hydrogen-bond donors (Lipinski definition) is 1. The number of benzene rings is 1. The van der Waals surface area contributed by atoms with Crippen LogP contribution in [0, 0.1) is 30.2 Å². The first-order valence-electron chi connectivity index (χ1n) is 14.9. The van der Waals surface area contributed by atoms with Gasteiger partial charge in [-0.25, -0.2) is 6.57 Å². The van der Waals surface area contributed by atoms with Gasteiger partial charge in [0.05, 0.1) is 30.3 Å². The fourth-order valence-corrected chi connectivity index (χ4v) is 7.52. The molecule has 2 rings (SSSR count). The van der Waals surface area contributed by atoms with Gasteiger partial charge >= 0.3 is 18.1 Å². The molecular weight excluding hydrogens is 624 g/mol. The Morgan fingerprint density at radius 3 is 2.36 bits per heavy atom. The van der Waals surface area contributed by atoms with Crippen LogP contribution < -0.4 is 0 Å². The summed E-state index contributed by atoms with van der Waals surface area (Å²) < 4.78 is 49.6. The minimum Gasteiger partial charge on any atom is -0.465 e. The number of esters is 2. The molecule has 1 saturated carbocycles. The zero-order chi connectivity index (χ0) is 34.1. The Hall–Kier alpha value is -2.68. The first kappa shape index (κ1) is 38.5. The van der Waals surface area contributed by atoms with E-state index in [1.807, 2.05) is 18.2 Å². The van der Waals surface area contributed by atoms with Crippen molar-refractivity contribution in [3.63, 3.8) is 0 Å². The summed E-state index contributed by atoms with van der Waals surface area (Å²) in [7, 11) is 0. The van der Waals surface area contributed by atoms with Crippen LogP contribution in [0.1, 0.15) is 71.8 Å².